The van der Waals surface area contributed by atoms with E-state index >= 15 is 0 Å². The number of oxazole rings is 1. The highest BCUT2D eigenvalue weighted by Gasteiger charge is 2.35. The number of rotatable bonds is 4. The zero-order chi connectivity index (χ0) is 32.0. The minimum absolute atomic E-state index is 0.125. The van der Waals surface area contributed by atoms with Crippen LogP contribution in [0.1, 0.15) is 25.0 Å². The van der Waals surface area contributed by atoms with Crippen LogP contribution in [0.5, 0.6) is 0 Å². The summed E-state index contributed by atoms with van der Waals surface area (Å²) < 4.78 is 12.9. The van der Waals surface area contributed by atoms with Gasteiger partial charge in [-0.1, -0.05) is 92.7 Å². The maximum Gasteiger partial charge on any atom is 0.227 e. The van der Waals surface area contributed by atoms with Gasteiger partial charge in [-0.25, -0.2) is 4.98 Å². The van der Waals surface area contributed by atoms with Crippen LogP contribution in [-0.2, 0) is 5.41 Å². The second-order valence-electron chi connectivity index (χ2n) is 13.2. The molecule has 0 radical (unpaired) electrons. The highest BCUT2D eigenvalue weighted by atomic mass is 16.3. The smallest absolute Gasteiger partial charge is 0.227 e. The first kappa shape index (κ1) is 27.0. The molecule has 0 saturated carbocycles. The predicted molar refractivity (Wildman–Crippen MR) is 196 cm³/mol. The van der Waals surface area contributed by atoms with Crippen LogP contribution < -0.4 is 4.90 Å². The summed E-state index contributed by atoms with van der Waals surface area (Å²) in [6.45, 7) is 4.65. The van der Waals surface area contributed by atoms with Crippen molar-refractivity contribution in [2.75, 3.05) is 4.90 Å². The van der Waals surface area contributed by atoms with Gasteiger partial charge in [0, 0.05) is 50.3 Å². The molecular formula is C44H30N2O2. The van der Waals surface area contributed by atoms with Gasteiger partial charge in [0.05, 0.1) is 0 Å². The lowest BCUT2D eigenvalue weighted by Gasteiger charge is -2.28. The highest BCUT2D eigenvalue weighted by molar-refractivity contribution is 6.07. The minimum Gasteiger partial charge on any atom is -0.456 e. The Balaban J connectivity index is 1.19. The summed E-state index contributed by atoms with van der Waals surface area (Å²) >= 11 is 0. The number of para-hydroxylation sites is 1. The lowest BCUT2D eigenvalue weighted by Crippen LogP contribution is -2.16. The van der Waals surface area contributed by atoms with E-state index in [1.807, 2.05) is 48.5 Å². The third-order valence-corrected chi connectivity index (χ3v) is 10.1. The third-order valence-electron chi connectivity index (χ3n) is 10.1. The van der Waals surface area contributed by atoms with Crippen LogP contribution >= 0.6 is 0 Å². The van der Waals surface area contributed by atoms with E-state index in [1.54, 1.807) is 0 Å². The van der Waals surface area contributed by atoms with E-state index in [1.165, 1.54) is 22.3 Å². The Labute approximate surface area is 277 Å². The Bertz CT molecular complexity index is 2720. The summed E-state index contributed by atoms with van der Waals surface area (Å²) in [5.74, 6) is 0.621. The number of hydrogen-bond donors (Lipinski definition) is 0. The van der Waals surface area contributed by atoms with Gasteiger partial charge in [-0.15, -0.1) is 0 Å². The van der Waals surface area contributed by atoms with Crippen molar-refractivity contribution in [3.63, 3.8) is 0 Å². The van der Waals surface area contributed by atoms with Gasteiger partial charge in [0.2, 0.25) is 5.89 Å². The second-order valence-corrected chi connectivity index (χ2v) is 13.2. The van der Waals surface area contributed by atoms with E-state index in [4.69, 9.17) is 13.8 Å². The normalized spacial score (nSPS) is 13.4. The van der Waals surface area contributed by atoms with E-state index in [0.717, 1.165) is 66.4 Å². The minimum atomic E-state index is -0.125. The van der Waals surface area contributed by atoms with Crippen molar-refractivity contribution < 1.29 is 8.83 Å². The number of furan rings is 1. The molecule has 7 aromatic carbocycles. The molecule has 0 saturated heterocycles. The molecule has 0 bridgehead atoms. The van der Waals surface area contributed by atoms with E-state index in [-0.39, 0.29) is 5.41 Å². The number of hydrogen-bond acceptors (Lipinski definition) is 4. The molecule has 1 aliphatic rings. The standard InChI is InChI=1S/C44H30N2O2/c1-44(2)37-14-8-6-12-32(37)33-21-19-30(25-38(33)44)46(31-20-22-35-34-13-7-9-15-40(34)47-41(35)26-31)29-18-16-27-17-23-39-42(36(27)24-29)48-43(45-39)28-10-4-3-5-11-28/h3-26H,1-2H3. The molecule has 0 atom stereocenters. The number of fused-ring (bicyclic) bond motifs is 9. The monoisotopic (exact) mass is 618 g/mol. The van der Waals surface area contributed by atoms with Gasteiger partial charge >= 0.3 is 0 Å². The van der Waals surface area contributed by atoms with Crippen molar-refractivity contribution in [3.8, 4) is 22.6 Å². The summed E-state index contributed by atoms with van der Waals surface area (Å²) in [6, 6.07) is 51.3. The van der Waals surface area contributed by atoms with Gasteiger partial charge in [0.15, 0.2) is 5.58 Å². The Morgan fingerprint density at radius 3 is 2.12 bits per heavy atom. The molecule has 0 aliphatic heterocycles. The maximum absolute atomic E-state index is 6.48. The Morgan fingerprint density at radius 1 is 0.521 bits per heavy atom. The Kier molecular flexibility index (Phi) is 5.59. The molecule has 0 amide bonds. The van der Waals surface area contributed by atoms with E-state index in [0.29, 0.717) is 5.89 Å². The first-order chi connectivity index (χ1) is 23.5. The average Bonchev–Trinajstić information content (AvgIpc) is 3.80. The largest absolute Gasteiger partial charge is 0.456 e. The topological polar surface area (TPSA) is 42.4 Å². The lowest BCUT2D eigenvalue weighted by atomic mass is 9.82. The van der Waals surface area contributed by atoms with Crippen LogP contribution in [0.15, 0.2) is 154 Å². The van der Waals surface area contributed by atoms with Crippen molar-refractivity contribution in [1.82, 2.24) is 4.98 Å². The van der Waals surface area contributed by atoms with Crippen LogP contribution in [0.3, 0.4) is 0 Å². The second kappa shape index (κ2) is 9.93. The van der Waals surface area contributed by atoms with Gasteiger partial charge in [0.1, 0.15) is 16.7 Å². The molecule has 48 heavy (non-hydrogen) atoms. The fourth-order valence-electron chi connectivity index (χ4n) is 7.67. The molecule has 2 heterocycles. The molecule has 9 aromatic rings. The number of anilines is 3. The van der Waals surface area contributed by atoms with Gasteiger partial charge < -0.3 is 13.7 Å². The van der Waals surface area contributed by atoms with Gasteiger partial charge in [-0.05, 0) is 88.3 Å². The van der Waals surface area contributed by atoms with E-state index in [2.05, 4.69) is 116 Å². The predicted octanol–water partition coefficient (Wildman–Crippen LogP) is 12.3. The number of aromatic nitrogens is 1. The molecule has 1 aliphatic carbocycles. The van der Waals surface area contributed by atoms with Crippen LogP contribution in [0.25, 0.3) is 66.4 Å². The lowest BCUT2D eigenvalue weighted by molar-refractivity contribution is 0.623. The summed E-state index contributed by atoms with van der Waals surface area (Å²) in [4.78, 5) is 7.19. The first-order valence-corrected chi connectivity index (χ1v) is 16.4. The van der Waals surface area contributed by atoms with Crippen molar-refractivity contribution in [2.24, 2.45) is 0 Å². The van der Waals surface area contributed by atoms with Crippen LogP contribution in [0.2, 0.25) is 0 Å². The van der Waals surface area contributed by atoms with Gasteiger partial charge in [-0.2, -0.15) is 0 Å². The van der Waals surface area contributed by atoms with Crippen LogP contribution in [0.4, 0.5) is 17.1 Å². The summed E-state index contributed by atoms with van der Waals surface area (Å²) in [5.41, 5.74) is 12.6. The zero-order valence-corrected chi connectivity index (χ0v) is 26.6. The number of benzene rings is 7. The fourth-order valence-corrected chi connectivity index (χ4v) is 7.67. The molecule has 4 heteroatoms. The zero-order valence-electron chi connectivity index (χ0n) is 26.6. The fraction of sp³-hybridized carbons (Fsp3) is 0.0682. The van der Waals surface area contributed by atoms with Crippen molar-refractivity contribution >= 4 is 60.9 Å². The SMILES string of the molecule is CC1(C)c2ccccc2-c2ccc(N(c3ccc4c(c3)oc3ccccc34)c3ccc4ccc5nc(-c6ccccc6)oc5c4c3)cc21. The van der Waals surface area contributed by atoms with Crippen molar-refractivity contribution in [1.29, 1.82) is 0 Å². The quantitative estimate of drug-likeness (QED) is 0.197. The molecule has 10 rings (SSSR count). The highest BCUT2D eigenvalue weighted by Crippen LogP contribution is 2.51. The first-order valence-electron chi connectivity index (χ1n) is 16.4. The van der Waals surface area contributed by atoms with Crippen LogP contribution in [0, 0.1) is 0 Å². The summed E-state index contributed by atoms with van der Waals surface area (Å²) in [5, 5.41) is 4.34. The number of nitrogens with zero attached hydrogens (tertiary/aromatic N) is 2. The average molecular weight is 619 g/mol. The maximum atomic E-state index is 6.48. The van der Waals surface area contributed by atoms with E-state index < -0.39 is 0 Å². The summed E-state index contributed by atoms with van der Waals surface area (Å²) in [6.07, 6.45) is 0. The third kappa shape index (κ3) is 3.93. The van der Waals surface area contributed by atoms with Gasteiger partial charge in [-0.3, -0.25) is 0 Å². The molecule has 0 unspecified atom stereocenters. The molecule has 2 aromatic heterocycles. The molecule has 0 N–H and O–H groups in total. The molecule has 0 fully saturated rings. The molecule has 0 spiro atoms. The van der Waals surface area contributed by atoms with Crippen LogP contribution in [-0.4, -0.2) is 4.98 Å². The molecule has 4 nitrogen and oxygen atoms in total. The van der Waals surface area contributed by atoms with Gasteiger partial charge in [0.25, 0.3) is 0 Å². The summed E-state index contributed by atoms with van der Waals surface area (Å²) in [7, 11) is 0. The van der Waals surface area contributed by atoms with E-state index in [9.17, 15) is 0 Å². The molecule has 228 valence electrons. The van der Waals surface area contributed by atoms with Crippen molar-refractivity contribution in [2.45, 2.75) is 19.3 Å². The Hall–Kier alpha value is -6.13. The van der Waals surface area contributed by atoms with Crippen molar-refractivity contribution in [3.05, 3.63) is 157 Å². The molecular weight excluding hydrogens is 588 g/mol. The Morgan fingerprint density at radius 2 is 1.21 bits per heavy atom.